The summed E-state index contributed by atoms with van der Waals surface area (Å²) in [7, 11) is 0. The largest absolute Gasteiger partial charge is 0.508 e. The summed E-state index contributed by atoms with van der Waals surface area (Å²) in [6, 6.07) is 6.73. The Balaban J connectivity index is 2.29. The lowest BCUT2D eigenvalue weighted by molar-refractivity contribution is -0.159. The molecule has 0 aromatic heterocycles. The molecule has 4 heteroatoms. The molecule has 0 amide bonds. The Hall–Kier alpha value is -2.10. The molecule has 0 heterocycles. The number of benzene rings is 1. The van der Waals surface area contributed by atoms with E-state index >= 15 is 0 Å². The number of ether oxygens (including phenoxy) is 1. The highest BCUT2D eigenvalue weighted by Gasteiger charge is 2.46. The van der Waals surface area contributed by atoms with Gasteiger partial charge in [-0.2, -0.15) is 0 Å². The fraction of sp³-hybridized carbons (Fsp3) is 0.412. The van der Waals surface area contributed by atoms with Gasteiger partial charge in [0.25, 0.3) is 0 Å². The molecule has 2 rings (SSSR count). The van der Waals surface area contributed by atoms with Gasteiger partial charge in [-0.05, 0) is 55.5 Å². The number of carbonyl (C=O) groups is 2. The Morgan fingerprint density at radius 2 is 1.95 bits per heavy atom. The molecule has 0 radical (unpaired) electrons. The van der Waals surface area contributed by atoms with E-state index in [-0.39, 0.29) is 18.1 Å². The summed E-state index contributed by atoms with van der Waals surface area (Å²) < 4.78 is 5.08. The lowest BCUT2D eigenvalue weighted by atomic mass is 9.71. The summed E-state index contributed by atoms with van der Waals surface area (Å²) in [6.07, 6.45) is 3.11. The van der Waals surface area contributed by atoms with Crippen molar-refractivity contribution >= 4 is 17.3 Å². The maximum atomic E-state index is 12.5. The van der Waals surface area contributed by atoms with E-state index in [1.165, 1.54) is 0 Å². The zero-order valence-corrected chi connectivity index (χ0v) is 12.4. The molecule has 21 heavy (non-hydrogen) atoms. The molecule has 1 aliphatic carbocycles. The smallest absolute Gasteiger partial charge is 0.319 e. The second-order valence-corrected chi connectivity index (χ2v) is 5.24. The van der Waals surface area contributed by atoms with Gasteiger partial charge in [-0.1, -0.05) is 19.1 Å². The normalized spacial score (nSPS) is 21.8. The van der Waals surface area contributed by atoms with Gasteiger partial charge < -0.3 is 9.84 Å². The van der Waals surface area contributed by atoms with Gasteiger partial charge in [-0.15, -0.1) is 0 Å². The third kappa shape index (κ3) is 2.84. The quantitative estimate of drug-likeness (QED) is 0.683. The van der Waals surface area contributed by atoms with Gasteiger partial charge in [0.1, 0.15) is 11.2 Å². The number of allylic oxidation sites excluding steroid dienone is 2. The van der Waals surface area contributed by atoms with Crippen LogP contribution in [0.5, 0.6) is 5.75 Å². The first-order valence-electron chi connectivity index (χ1n) is 7.25. The van der Waals surface area contributed by atoms with Crippen molar-refractivity contribution in [2.24, 2.45) is 5.41 Å². The van der Waals surface area contributed by atoms with E-state index in [9.17, 15) is 14.7 Å². The molecule has 1 aromatic rings. The molecule has 1 N–H and O–H groups in total. The second kappa shape index (κ2) is 6.12. The molecule has 4 nitrogen and oxygen atoms in total. The maximum absolute atomic E-state index is 12.5. The highest BCUT2D eigenvalue weighted by Crippen LogP contribution is 2.40. The van der Waals surface area contributed by atoms with Crippen molar-refractivity contribution in [1.29, 1.82) is 0 Å². The molecular weight excluding hydrogens is 268 g/mol. The molecule has 0 fully saturated rings. The molecule has 1 unspecified atom stereocenters. The third-order valence-electron chi connectivity index (χ3n) is 4.11. The van der Waals surface area contributed by atoms with E-state index in [2.05, 4.69) is 0 Å². The molecule has 0 saturated carbocycles. The van der Waals surface area contributed by atoms with Crippen molar-refractivity contribution in [3.8, 4) is 5.75 Å². The van der Waals surface area contributed by atoms with Gasteiger partial charge in [0.15, 0.2) is 5.78 Å². The van der Waals surface area contributed by atoms with E-state index in [4.69, 9.17) is 4.74 Å². The highest BCUT2D eigenvalue weighted by molar-refractivity contribution is 6.13. The van der Waals surface area contributed by atoms with Gasteiger partial charge in [-0.25, -0.2) is 0 Å². The van der Waals surface area contributed by atoms with Crippen LogP contribution in [0.1, 0.15) is 38.7 Å². The van der Waals surface area contributed by atoms with Crippen LogP contribution in [-0.2, 0) is 14.3 Å². The van der Waals surface area contributed by atoms with E-state index in [0.29, 0.717) is 19.3 Å². The van der Waals surface area contributed by atoms with Crippen LogP contribution in [0.4, 0.5) is 0 Å². The molecule has 1 atom stereocenters. The highest BCUT2D eigenvalue weighted by atomic mass is 16.5. The first kappa shape index (κ1) is 15.3. The van der Waals surface area contributed by atoms with Crippen LogP contribution in [0.3, 0.4) is 0 Å². The summed E-state index contributed by atoms with van der Waals surface area (Å²) in [5.41, 5.74) is 0.763. The first-order chi connectivity index (χ1) is 10.0. The van der Waals surface area contributed by atoms with Gasteiger partial charge in [-0.3, -0.25) is 9.59 Å². The fourth-order valence-electron chi connectivity index (χ4n) is 2.71. The van der Waals surface area contributed by atoms with E-state index in [0.717, 1.165) is 11.1 Å². The Morgan fingerprint density at radius 3 is 2.48 bits per heavy atom. The standard InChI is InChI=1S/C17H20O4/c1-3-17(16(20)21-4-2)10-9-13(11-15(17)19)12-5-7-14(18)8-6-12/h5-8,11,18H,3-4,9-10H2,1-2H3. The molecule has 1 aliphatic rings. The second-order valence-electron chi connectivity index (χ2n) is 5.24. The number of carbonyl (C=O) groups excluding carboxylic acids is 2. The Kier molecular flexibility index (Phi) is 4.46. The summed E-state index contributed by atoms with van der Waals surface area (Å²) in [6.45, 7) is 3.86. The molecule has 0 bridgehead atoms. The molecule has 112 valence electrons. The number of ketones is 1. The lowest BCUT2D eigenvalue weighted by Gasteiger charge is -2.31. The van der Waals surface area contributed by atoms with Crippen LogP contribution in [0.15, 0.2) is 30.3 Å². The Bertz CT molecular complexity index is 571. The van der Waals surface area contributed by atoms with E-state index in [1.807, 2.05) is 6.92 Å². The van der Waals surface area contributed by atoms with Crippen molar-refractivity contribution in [3.63, 3.8) is 0 Å². The van der Waals surface area contributed by atoms with Crippen LogP contribution >= 0.6 is 0 Å². The third-order valence-corrected chi connectivity index (χ3v) is 4.11. The zero-order valence-electron chi connectivity index (χ0n) is 12.4. The van der Waals surface area contributed by atoms with Crippen LogP contribution in [-0.4, -0.2) is 23.5 Å². The van der Waals surface area contributed by atoms with Crippen molar-refractivity contribution in [2.75, 3.05) is 6.61 Å². The minimum absolute atomic E-state index is 0.183. The van der Waals surface area contributed by atoms with Crippen LogP contribution in [0, 0.1) is 5.41 Å². The van der Waals surface area contributed by atoms with Crippen molar-refractivity contribution in [2.45, 2.75) is 33.1 Å². The van der Waals surface area contributed by atoms with Crippen molar-refractivity contribution < 1.29 is 19.4 Å². The van der Waals surface area contributed by atoms with Crippen molar-refractivity contribution in [3.05, 3.63) is 35.9 Å². The predicted octanol–water partition coefficient (Wildman–Crippen LogP) is 3.10. The molecule has 1 aromatic carbocycles. The number of phenols is 1. The minimum atomic E-state index is -1.03. The van der Waals surface area contributed by atoms with E-state index < -0.39 is 11.4 Å². The molecule has 0 aliphatic heterocycles. The average Bonchev–Trinajstić information content (AvgIpc) is 2.48. The number of hydrogen-bond donors (Lipinski definition) is 1. The molecular formula is C17H20O4. The first-order valence-corrected chi connectivity index (χ1v) is 7.25. The Morgan fingerprint density at radius 1 is 1.29 bits per heavy atom. The lowest BCUT2D eigenvalue weighted by Crippen LogP contribution is -2.41. The van der Waals surface area contributed by atoms with Crippen LogP contribution in [0.2, 0.25) is 0 Å². The van der Waals surface area contributed by atoms with Gasteiger partial charge in [0.2, 0.25) is 0 Å². The zero-order chi connectivity index (χ0) is 15.5. The number of rotatable bonds is 4. The monoisotopic (exact) mass is 288 g/mol. The fourth-order valence-corrected chi connectivity index (χ4v) is 2.71. The maximum Gasteiger partial charge on any atom is 0.319 e. The van der Waals surface area contributed by atoms with Crippen LogP contribution in [0.25, 0.3) is 5.57 Å². The summed E-state index contributed by atoms with van der Waals surface area (Å²) in [5.74, 6) is -0.410. The van der Waals surface area contributed by atoms with Crippen molar-refractivity contribution in [1.82, 2.24) is 0 Å². The molecule has 0 spiro atoms. The van der Waals surface area contributed by atoms with Gasteiger partial charge >= 0.3 is 5.97 Å². The Labute approximate surface area is 124 Å². The number of hydrogen-bond acceptors (Lipinski definition) is 4. The number of esters is 1. The minimum Gasteiger partial charge on any atom is -0.508 e. The van der Waals surface area contributed by atoms with Gasteiger partial charge in [0, 0.05) is 0 Å². The van der Waals surface area contributed by atoms with E-state index in [1.54, 1.807) is 37.3 Å². The number of phenolic OH excluding ortho intramolecular Hbond substituents is 1. The summed E-state index contributed by atoms with van der Waals surface area (Å²) in [4.78, 5) is 24.6. The van der Waals surface area contributed by atoms with Crippen LogP contribution < -0.4 is 0 Å². The topological polar surface area (TPSA) is 63.6 Å². The van der Waals surface area contributed by atoms with Gasteiger partial charge in [0.05, 0.1) is 6.61 Å². The molecule has 0 saturated heterocycles. The summed E-state index contributed by atoms with van der Waals surface area (Å²) in [5, 5.41) is 9.31. The number of aromatic hydroxyl groups is 1. The average molecular weight is 288 g/mol. The summed E-state index contributed by atoms with van der Waals surface area (Å²) >= 11 is 0. The predicted molar refractivity (Wildman–Crippen MR) is 79.7 cm³/mol. The SMILES string of the molecule is CCOC(=O)C1(CC)CCC(c2ccc(O)cc2)=CC1=O.